The summed E-state index contributed by atoms with van der Waals surface area (Å²) in [5.41, 5.74) is 2.44. The third-order valence-electron chi connectivity index (χ3n) is 3.04. The second-order valence-electron chi connectivity index (χ2n) is 4.85. The van der Waals surface area contributed by atoms with Gasteiger partial charge in [0.2, 0.25) is 0 Å². The van der Waals surface area contributed by atoms with Crippen LogP contribution in [0.15, 0.2) is 24.4 Å². The molecular weight excluding hydrogens is 319 g/mol. The number of hydrogen-bond acceptors (Lipinski definition) is 5. The molecule has 2 radical (unpaired) electrons. The number of aromatic nitrogens is 1. The van der Waals surface area contributed by atoms with Crippen LogP contribution < -0.4 is 16.3 Å². The summed E-state index contributed by atoms with van der Waals surface area (Å²) in [6.07, 6.45) is 1.34. The number of pyridine rings is 1. The lowest BCUT2D eigenvalue weighted by Gasteiger charge is -2.14. The fourth-order valence-electron chi connectivity index (χ4n) is 1.93. The Balaban J connectivity index is 2.36. The van der Waals surface area contributed by atoms with Crippen molar-refractivity contribution in [3.63, 3.8) is 0 Å². The highest BCUT2D eigenvalue weighted by molar-refractivity contribution is 6.32. The van der Waals surface area contributed by atoms with Gasteiger partial charge in [-0.2, -0.15) is 0 Å². The molecule has 124 valence electrons. The molecule has 2 rings (SSSR count). The number of nitrogens with one attached hydrogen (secondary N) is 2. The maximum absolute atomic E-state index is 14.2. The number of anilines is 2. The second-order valence-corrected chi connectivity index (χ2v) is 4.85. The fraction of sp³-hybridized carbons (Fsp3) is 0.200. The van der Waals surface area contributed by atoms with Crippen LogP contribution in [0.3, 0.4) is 0 Å². The van der Waals surface area contributed by atoms with Gasteiger partial charge in [-0.3, -0.25) is 9.63 Å². The van der Waals surface area contributed by atoms with E-state index in [0.29, 0.717) is 11.0 Å². The zero-order valence-corrected chi connectivity index (χ0v) is 12.8. The number of halogens is 2. The average molecular weight is 333 g/mol. The van der Waals surface area contributed by atoms with Crippen molar-refractivity contribution in [1.82, 2.24) is 10.5 Å². The second kappa shape index (κ2) is 7.85. The Morgan fingerprint density at radius 3 is 2.83 bits per heavy atom. The number of carbonyl (C=O) groups excluding carboxylic acids is 1. The Bertz CT molecular complexity index is 759. The monoisotopic (exact) mass is 333 g/mol. The molecule has 0 aliphatic heterocycles. The topological polar surface area (TPSA) is 83.5 Å². The number of aryl methyl sites for hydroxylation is 1. The summed E-state index contributed by atoms with van der Waals surface area (Å²) in [5, 5.41) is 11.2. The first kappa shape index (κ1) is 17.8. The van der Waals surface area contributed by atoms with Gasteiger partial charge in [-0.1, -0.05) is 11.5 Å². The van der Waals surface area contributed by atoms with Crippen molar-refractivity contribution in [2.45, 2.75) is 6.92 Å². The van der Waals surface area contributed by atoms with Crippen molar-refractivity contribution >= 4 is 30.7 Å². The molecule has 0 fully saturated rings. The van der Waals surface area contributed by atoms with E-state index in [2.05, 4.69) is 15.1 Å². The van der Waals surface area contributed by atoms with Crippen LogP contribution in [0.5, 0.6) is 0 Å². The van der Waals surface area contributed by atoms with Gasteiger partial charge in [-0.15, -0.1) is 0 Å². The molecule has 0 bridgehead atoms. The highest BCUT2D eigenvalue weighted by atomic mass is 19.2. The first-order valence-electron chi connectivity index (χ1n) is 6.94. The van der Waals surface area contributed by atoms with Gasteiger partial charge in [-0.25, -0.2) is 19.2 Å². The Hall–Kier alpha value is -2.52. The van der Waals surface area contributed by atoms with Crippen LogP contribution in [0.2, 0.25) is 0 Å². The van der Waals surface area contributed by atoms with Crippen molar-refractivity contribution in [3.8, 4) is 0 Å². The van der Waals surface area contributed by atoms with E-state index >= 15 is 0 Å². The fourth-order valence-corrected chi connectivity index (χ4v) is 1.93. The highest BCUT2D eigenvalue weighted by Gasteiger charge is 2.20. The molecule has 0 atom stereocenters. The maximum Gasteiger partial charge on any atom is 0.277 e. The van der Waals surface area contributed by atoms with Crippen LogP contribution in [0.1, 0.15) is 15.9 Å². The number of aliphatic hydroxyl groups is 1. The maximum atomic E-state index is 14.2. The van der Waals surface area contributed by atoms with Gasteiger partial charge < -0.3 is 10.4 Å². The first-order chi connectivity index (χ1) is 11.4. The number of nitrogens with zero attached hydrogens (tertiary/aromatic N) is 1. The number of aliphatic hydroxyl groups excluding tert-OH is 1. The molecule has 24 heavy (non-hydrogen) atoms. The lowest BCUT2D eigenvalue weighted by atomic mass is 9.97. The van der Waals surface area contributed by atoms with Crippen molar-refractivity contribution in [1.29, 1.82) is 0 Å². The van der Waals surface area contributed by atoms with Crippen LogP contribution in [0.4, 0.5) is 20.3 Å². The molecule has 0 saturated heterocycles. The van der Waals surface area contributed by atoms with Crippen LogP contribution in [0, 0.1) is 18.6 Å². The average Bonchev–Trinajstić information content (AvgIpc) is 2.54. The third-order valence-corrected chi connectivity index (χ3v) is 3.04. The zero-order chi connectivity index (χ0) is 17.7. The lowest BCUT2D eigenvalue weighted by molar-refractivity contribution is 0.0168. The molecule has 0 aliphatic carbocycles. The van der Waals surface area contributed by atoms with Gasteiger partial charge >= 0.3 is 0 Å². The Morgan fingerprint density at radius 1 is 1.42 bits per heavy atom. The van der Waals surface area contributed by atoms with E-state index in [-0.39, 0.29) is 30.3 Å². The molecule has 6 nitrogen and oxygen atoms in total. The van der Waals surface area contributed by atoms with E-state index < -0.39 is 17.5 Å². The molecular formula is C15H14BF2N3O3. The van der Waals surface area contributed by atoms with E-state index in [1.807, 2.05) is 5.48 Å². The van der Waals surface area contributed by atoms with Crippen LogP contribution in [0.25, 0.3) is 0 Å². The van der Waals surface area contributed by atoms with E-state index in [0.717, 1.165) is 12.1 Å². The van der Waals surface area contributed by atoms with Crippen molar-refractivity contribution < 1.29 is 23.5 Å². The summed E-state index contributed by atoms with van der Waals surface area (Å²) in [6, 6.07) is 3.52. The van der Waals surface area contributed by atoms with Crippen LogP contribution in [-0.2, 0) is 4.84 Å². The van der Waals surface area contributed by atoms with Gasteiger partial charge in [0.05, 0.1) is 24.5 Å². The summed E-state index contributed by atoms with van der Waals surface area (Å²) >= 11 is 0. The van der Waals surface area contributed by atoms with Gasteiger partial charge in [0.25, 0.3) is 5.91 Å². The predicted molar refractivity (Wildman–Crippen MR) is 84.5 cm³/mol. The molecule has 1 aromatic carbocycles. The summed E-state index contributed by atoms with van der Waals surface area (Å²) in [4.78, 5) is 20.7. The number of hydroxylamine groups is 1. The third kappa shape index (κ3) is 4.06. The van der Waals surface area contributed by atoms with Crippen molar-refractivity contribution in [2.75, 3.05) is 18.5 Å². The molecule has 0 spiro atoms. The van der Waals surface area contributed by atoms with E-state index in [4.69, 9.17) is 13.0 Å². The number of amides is 1. The molecule has 1 aromatic heterocycles. The minimum atomic E-state index is -1.23. The zero-order valence-electron chi connectivity index (χ0n) is 12.8. The SMILES string of the molecule is [B]c1cnc(Nc2c(C(=O)NOCCO)ccc(F)c2F)c(C)c1. The number of carbonyl (C=O) groups is 1. The summed E-state index contributed by atoms with van der Waals surface area (Å²) in [5.74, 6) is -2.95. The van der Waals surface area contributed by atoms with Crippen LogP contribution in [-0.4, -0.2) is 37.1 Å². The molecule has 3 N–H and O–H groups in total. The van der Waals surface area contributed by atoms with E-state index in [9.17, 15) is 13.6 Å². The summed E-state index contributed by atoms with van der Waals surface area (Å²) in [6.45, 7) is 1.22. The smallest absolute Gasteiger partial charge is 0.277 e. The normalized spacial score (nSPS) is 10.5. The minimum absolute atomic E-state index is 0.142. The number of benzene rings is 1. The Morgan fingerprint density at radius 2 is 2.17 bits per heavy atom. The van der Waals surface area contributed by atoms with Crippen molar-refractivity contribution in [2.24, 2.45) is 0 Å². The summed E-state index contributed by atoms with van der Waals surface area (Å²) in [7, 11) is 5.60. The van der Waals surface area contributed by atoms with Gasteiger partial charge in [-0.05, 0) is 24.6 Å². The van der Waals surface area contributed by atoms with Crippen molar-refractivity contribution in [3.05, 3.63) is 47.2 Å². The van der Waals surface area contributed by atoms with E-state index in [1.165, 1.54) is 6.20 Å². The highest BCUT2D eigenvalue weighted by Crippen LogP contribution is 2.26. The van der Waals surface area contributed by atoms with E-state index in [1.54, 1.807) is 13.0 Å². The predicted octanol–water partition coefficient (Wildman–Crippen LogP) is 0.859. The van der Waals surface area contributed by atoms with Gasteiger partial charge in [0.1, 0.15) is 13.7 Å². The molecule has 2 aromatic rings. The number of hydrogen-bond donors (Lipinski definition) is 3. The Kier molecular flexibility index (Phi) is 5.83. The molecule has 0 saturated carbocycles. The quantitative estimate of drug-likeness (QED) is 0.415. The first-order valence-corrected chi connectivity index (χ1v) is 6.94. The molecule has 9 heteroatoms. The number of rotatable bonds is 6. The molecule has 0 aliphatic rings. The van der Waals surface area contributed by atoms with Crippen LogP contribution >= 0.6 is 0 Å². The summed E-state index contributed by atoms with van der Waals surface area (Å²) < 4.78 is 27.7. The van der Waals surface area contributed by atoms with Gasteiger partial charge in [0.15, 0.2) is 11.6 Å². The Labute approximate surface area is 138 Å². The van der Waals surface area contributed by atoms with Gasteiger partial charge in [0, 0.05) is 6.20 Å². The standard InChI is InChI=1S/C15H14BF2N3O3/c1-8-6-9(16)7-19-14(8)20-13-10(2-3-11(17)12(13)18)15(23)21-24-5-4-22/h2-3,6-7,22H,4-5H2,1H3,(H,19,20)(H,21,23). The largest absolute Gasteiger partial charge is 0.394 e. The minimum Gasteiger partial charge on any atom is -0.394 e. The lowest BCUT2D eigenvalue weighted by Crippen LogP contribution is -2.26. The molecule has 1 amide bonds. The molecule has 0 unspecified atom stereocenters. The molecule has 1 heterocycles.